The highest BCUT2D eigenvalue weighted by Gasteiger charge is 2.36. The van der Waals surface area contributed by atoms with Gasteiger partial charge in [-0.2, -0.15) is 10.1 Å². The monoisotopic (exact) mass is 518 g/mol. The predicted molar refractivity (Wildman–Crippen MR) is 130 cm³/mol. The van der Waals surface area contributed by atoms with Gasteiger partial charge in [0.15, 0.2) is 23.8 Å². The van der Waals surface area contributed by atoms with E-state index in [4.69, 9.17) is 11.6 Å². The van der Waals surface area contributed by atoms with E-state index in [1.807, 2.05) is 0 Å². The van der Waals surface area contributed by atoms with E-state index in [2.05, 4.69) is 15.1 Å². The van der Waals surface area contributed by atoms with Crippen molar-refractivity contribution < 1.29 is 22.8 Å². The second kappa shape index (κ2) is 9.38. The molecule has 2 aromatic carbocycles. The zero-order valence-corrected chi connectivity index (χ0v) is 20.6. The first-order valence-electron chi connectivity index (χ1n) is 10.8. The van der Waals surface area contributed by atoms with Crippen molar-refractivity contribution in [1.29, 1.82) is 0 Å². The van der Waals surface area contributed by atoms with E-state index < -0.39 is 28.8 Å². The van der Waals surface area contributed by atoms with Crippen LogP contribution >= 0.6 is 11.6 Å². The van der Waals surface area contributed by atoms with Gasteiger partial charge in [-0.15, -0.1) is 0 Å². The third kappa shape index (κ3) is 4.97. The van der Waals surface area contributed by atoms with Crippen LogP contribution in [0.1, 0.15) is 26.3 Å². The molecule has 0 aliphatic carbocycles. The van der Waals surface area contributed by atoms with Crippen LogP contribution in [-0.4, -0.2) is 55.7 Å². The van der Waals surface area contributed by atoms with Gasteiger partial charge in [-0.05, 0) is 39.0 Å². The summed E-state index contributed by atoms with van der Waals surface area (Å²) in [5.41, 5.74) is 0.0913. The molecule has 4 rings (SSSR count). The predicted octanol–water partition coefficient (Wildman–Crippen LogP) is 4.37. The maximum Gasteiger partial charge on any atom is 0.260 e. The first-order chi connectivity index (χ1) is 16.9. The van der Waals surface area contributed by atoms with Gasteiger partial charge >= 0.3 is 0 Å². The molecule has 36 heavy (non-hydrogen) atoms. The molecular weight excluding hydrogens is 497 g/mol. The number of Topliss-reactive ketones (excluding diaryl/α,β-unsaturated/α-hetero) is 1. The Hall–Kier alpha value is -3.73. The number of guanidine groups is 1. The maximum absolute atomic E-state index is 14.5. The molecule has 0 spiro atoms. The van der Waals surface area contributed by atoms with Crippen LogP contribution in [-0.2, 0) is 23.2 Å². The van der Waals surface area contributed by atoms with Gasteiger partial charge in [0.25, 0.3) is 5.78 Å². The fraction of sp³-hybridized carbons (Fsp3) is 0.292. The molecule has 8 nitrogen and oxygen atoms in total. The van der Waals surface area contributed by atoms with E-state index in [0.29, 0.717) is 11.6 Å². The van der Waals surface area contributed by atoms with Crippen LogP contribution in [0, 0.1) is 17.5 Å². The van der Waals surface area contributed by atoms with Crippen LogP contribution in [0.25, 0.3) is 10.9 Å². The van der Waals surface area contributed by atoms with E-state index in [9.17, 15) is 22.8 Å². The number of benzene rings is 2. The van der Waals surface area contributed by atoms with Crippen LogP contribution in [0.15, 0.2) is 40.4 Å². The quantitative estimate of drug-likeness (QED) is 0.284. The van der Waals surface area contributed by atoms with Crippen LogP contribution in [0.2, 0.25) is 5.02 Å². The van der Waals surface area contributed by atoms with Crippen molar-refractivity contribution >= 4 is 52.1 Å². The molecule has 0 unspecified atom stereocenters. The zero-order valence-electron chi connectivity index (χ0n) is 19.9. The van der Waals surface area contributed by atoms with E-state index in [0.717, 1.165) is 11.5 Å². The summed E-state index contributed by atoms with van der Waals surface area (Å²) in [5, 5.41) is 5.26. The summed E-state index contributed by atoms with van der Waals surface area (Å²) in [5.74, 6) is -4.56. The molecule has 0 amide bonds. The standard InChI is InChI=1S/C24H22ClF3N6O2/c1-24(2,3)34-12-33(10-13-5-17(27)18(28)8-16(13)26)23(30-22(34)21(36)11-35)29-20-6-14-9-32(4)31-19(14)7-15(20)25/h5-9,11H,10,12H2,1-4H3/b29-23-. The fourth-order valence-electron chi connectivity index (χ4n) is 3.76. The molecular formula is C24H22ClF3N6O2. The van der Waals surface area contributed by atoms with Crippen LogP contribution < -0.4 is 0 Å². The van der Waals surface area contributed by atoms with Crippen molar-refractivity contribution in [2.75, 3.05) is 6.67 Å². The third-order valence-electron chi connectivity index (χ3n) is 5.55. The highest BCUT2D eigenvalue weighted by Crippen LogP contribution is 2.31. The number of aryl methyl sites for hydroxylation is 1. The summed E-state index contributed by atoms with van der Waals surface area (Å²) in [4.78, 5) is 35.7. The summed E-state index contributed by atoms with van der Waals surface area (Å²) in [6, 6.07) is 4.50. The molecule has 0 radical (unpaired) electrons. The first-order valence-corrected chi connectivity index (χ1v) is 11.2. The number of carbonyl (C=O) groups is 2. The summed E-state index contributed by atoms with van der Waals surface area (Å²) < 4.78 is 43.5. The van der Waals surface area contributed by atoms with Gasteiger partial charge in [0, 0.05) is 35.8 Å². The van der Waals surface area contributed by atoms with Crippen molar-refractivity contribution in [2.45, 2.75) is 32.9 Å². The largest absolute Gasteiger partial charge is 0.330 e. The number of aliphatic imine (C=N–C) groups is 2. The Morgan fingerprint density at radius 1 is 1.14 bits per heavy atom. The van der Waals surface area contributed by atoms with Crippen molar-refractivity contribution in [3.05, 3.63) is 58.5 Å². The van der Waals surface area contributed by atoms with Crippen molar-refractivity contribution in [3.8, 4) is 0 Å². The maximum atomic E-state index is 14.5. The molecule has 2 heterocycles. The number of carbonyl (C=O) groups excluding carboxylic acids is 2. The van der Waals surface area contributed by atoms with Gasteiger partial charge in [-0.3, -0.25) is 14.3 Å². The molecule has 0 bridgehead atoms. The number of fused-ring (bicyclic) bond motifs is 1. The van der Waals surface area contributed by atoms with Gasteiger partial charge in [-0.25, -0.2) is 18.2 Å². The topological polar surface area (TPSA) is 83.2 Å². The Kier molecular flexibility index (Phi) is 6.61. The number of halogens is 4. The number of nitrogens with zero attached hydrogens (tertiary/aromatic N) is 6. The number of hydrogen-bond donors (Lipinski definition) is 0. The Balaban J connectivity index is 1.88. The Morgan fingerprint density at radius 2 is 1.83 bits per heavy atom. The third-order valence-corrected chi connectivity index (χ3v) is 5.85. The second-order valence-electron chi connectivity index (χ2n) is 9.29. The lowest BCUT2D eigenvalue weighted by Crippen LogP contribution is -2.58. The van der Waals surface area contributed by atoms with Crippen LogP contribution in [0.5, 0.6) is 0 Å². The van der Waals surface area contributed by atoms with E-state index in [-0.39, 0.29) is 47.6 Å². The number of amidine groups is 1. The van der Waals surface area contributed by atoms with E-state index in [1.54, 1.807) is 55.7 Å². The molecule has 0 saturated carbocycles. The number of aromatic nitrogens is 2. The Bertz CT molecular complexity index is 1440. The molecule has 0 N–H and O–H groups in total. The van der Waals surface area contributed by atoms with Gasteiger partial charge < -0.3 is 9.80 Å². The summed E-state index contributed by atoms with van der Waals surface area (Å²) in [6.07, 6.45) is 1.91. The van der Waals surface area contributed by atoms with Crippen LogP contribution in [0.4, 0.5) is 18.9 Å². The number of rotatable bonds is 5. The van der Waals surface area contributed by atoms with E-state index >= 15 is 0 Å². The molecule has 188 valence electrons. The first kappa shape index (κ1) is 25.4. The molecule has 12 heteroatoms. The molecule has 0 atom stereocenters. The number of aldehydes is 1. The summed E-state index contributed by atoms with van der Waals surface area (Å²) in [6.45, 7) is 5.09. The normalized spacial score (nSPS) is 15.6. The fourth-order valence-corrected chi connectivity index (χ4v) is 3.96. The van der Waals surface area contributed by atoms with Crippen molar-refractivity contribution in [2.24, 2.45) is 17.0 Å². The van der Waals surface area contributed by atoms with Crippen molar-refractivity contribution in [1.82, 2.24) is 19.6 Å². The number of ketones is 1. The molecule has 1 aliphatic heterocycles. The average Bonchev–Trinajstić information content (AvgIpc) is 3.15. The minimum absolute atomic E-state index is 0.0497. The summed E-state index contributed by atoms with van der Waals surface area (Å²) in [7, 11) is 1.75. The Labute approximate surface area is 209 Å². The minimum atomic E-state index is -1.31. The molecule has 0 saturated heterocycles. The lowest BCUT2D eigenvalue weighted by molar-refractivity contribution is -0.126. The SMILES string of the molecule is Cn1cc2cc(/N=C3/N=C(C(=O)C=O)N(C(C)(C)C)CN3Cc3cc(F)c(F)cc3F)c(Cl)cc2n1. The number of hydrogen-bond acceptors (Lipinski definition) is 5. The molecule has 1 aromatic heterocycles. The highest BCUT2D eigenvalue weighted by atomic mass is 35.5. The lowest BCUT2D eigenvalue weighted by atomic mass is 10.0. The second-order valence-corrected chi connectivity index (χ2v) is 9.70. The molecule has 1 aliphatic rings. The highest BCUT2D eigenvalue weighted by molar-refractivity contribution is 6.59. The van der Waals surface area contributed by atoms with Gasteiger partial charge in [-0.1, -0.05) is 11.6 Å². The molecule has 0 fully saturated rings. The van der Waals surface area contributed by atoms with Crippen molar-refractivity contribution in [3.63, 3.8) is 0 Å². The van der Waals surface area contributed by atoms with Crippen LogP contribution in [0.3, 0.4) is 0 Å². The molecule has 3 aromatic rings. The van der Waals surface area contributed by atoms with Gasteiger partial charge in [0.2, 0.25) is 5.96 Å². The van der Waals surface area contributed by atoms with E-state index in [1.165, 1.54) is 4.90 Å². The zero-order chi connectivity index (χ0) is 26.4. The average molecular weight is 519 g/mol. The Morgan fingerprint density at radius 3 is 2.50 bits per heavy atom. The van der Waals surface area contributed by atoms with Gasteiger partial charge in [0.05, 0.1) is 29.4 Å². The van der Waals surface area contributed by atoms with Gasteiger partial charge in [0.1, 0.15) is 5.82 Å². The summed E-state index contributed by atoms with van der Waals surface area (Å²) >= 11 is 6.42. The minimum Gasteiger partial charge on any atom is -0.330 e. The lowest BCUT2D eigenvalue weighted by Gasteiger charge is -2.43. The smallest absolute Gasteiger partial charge is 0.260 e.